The summed E-state index contributed by atoms with van der Waals surface area (Å²) < 4.78 is 1.42. The van der Waals surface area contributed by atoms with Gasteiger partial charge in [0.25, 0.3) is 11.5 Å². The predicted octanol–water partition coefficient (Wildman–Crippen LogP) is 7.03. The lowest BCUT2D eigenvalue weighted by Gasteiger charge is -2.17. The van der Waals surface area contributed by atoms with Crippen LogP contribution in [0.1, 0.15) is 58.3 Å². The maximum Gasteiger partial charge on any atom is 0.277 e. The minimum absolute atomic E-state index is 0.165. The zero-order chi connectivity index (χ0) is 39.2. The monoisotopic (exact) mass is 766 g/mol. The van der Waals surface area contributed by atoms with Gasteiger partial charge in [-0.1, -0.05) is 72.8 Å². The molecule has 1 aliphatic rings. The van der Waals surface area contributed by atoms with Crippen molar-refractivity contribution in [2.45, 2.75) is 13.1 Å². The van der Waals surface area contributed by atoms with Crippen LogP contribution in [0, 0.1) is 0 Å². The Kier molecular flexibility index (Phi) is 8.79. The van der Waals surface area contributed by atoms with Gasteiger partial charge >= 0.3 is 0 Å². The molecule has 1 aliphatic carbocycles. The Morgan fingerprint density at radius 1 is 0.737 bits per heavy atom. The standard InChI is InChI=1S/C45H30N6O5S/c46-43(55)32-8-5-10-35-40(32)50-44(49-35)26-14-12-25(13-15-26)23-47-39(52)24-51-37-11-4-3-9-34(37)48-36(45(51)56)20-17-28-18-21-38(57-28)27-16-19-31-33(22-27)42(54)30-7-2-1-6-29(30)41(31)53/h1-22H,23-24H2,(H2,46,55)(H,47,52)(H,49,50)/b20-17+. The number of H-pyrrole nitrogens is 1. The number of carbonyl (C=O) groups is 4. The fourth-order valence-electron chi connectivity index (χ4n) is 7.04. The number of ketones is 2. The third-order valence-corrected chi connectivity index (χ3v) is 11.0. The second kappa shape index (κ2) is 14.3. The molecule has 3 aromatic heterocycles. The number of imidazole rings is 1. The highest BCUT2D eigenvalue weighted by molar-refractivity contribution is 7.16. The van der Waals surface area contributed by atoms with Crippen molar-refractivity contribution < 1.29 is 19.2 Å². The Morgan fingerprint density at radius 2 is 1.46 bits per heavy atom. The predicted molar refractivity (Wildman–Crippen MR) is 220 cm³/mol. The van der Waals surface area contributed by atoms with Gasteiger partial charge in [-0.2, -0.15) is 0 Å². The number of carbonyl (C=O) groups excluding carboxylic acids is 4. The summed E-state index contributed by atoms with van der Waals surface area (Å²) in [5.41, 5.74) is 12.0. The lowest BCUT2D eigenvalue weighted by Crippen LogP contribution is -2.33. The van der Waals surface area contributed by atoms with Gasteiger partial charge in [0.2, 0.25) is 5.91 Å². The number of nitrogens with two attached hydrogens (primary N) is 1. The highest BCUT2D eigenvalue weighted by Gasteiger charge is 2.29. The number of benzene rings is 5. The van der Waals surface area contributed by atoms with Crippen molar-refractivity contribution in [3.05, 3.63) is 176 Å². The van der Waals surface area contributed by atoms with Gasteiger partial charge in [-0.15, -0.1) is 11.3 Å². The van der Waals surface area contributed by atoms with Crippen molar-refractivity contribution in [1.82, 2.24) is 24.8 Å². The number of hydrogen-bond donors (Lipinski definition) is 3. The number of rotatable bonds is 9. The number of hydrogen-bond acceptors (Lipinski definition) is 8. The normalized spacial score (nSPS) is 12.3. The second-order valence-electron chi connectivity index (χ2n) is 13.5. The molecule has 2 amide bonds. The molecule has 0 radical (unpaired) electrons. The number of fused-ring (bicyclic) bond motifs is 4. The van der Waals surface area contributed by atoms with E-state index in [-0.39, 0.29) is 36.3 Å². The first-order chi connectivity index (χ1) is 27.7. The number of nitrogens with one attached hydrogen (secondary N) is 2. The molecule has 9 rings (SSSR count). The Hall–Kier alpha value is -7.57. The second-order valence-corrected chi connectivity index (χ2v) is 14.6. The molecule has 8 aromatic rings. The van der Waals surface area contributed by atoms with Gasteiger partial charge in [-0.05, 0) is 71.8 Å². The summed E-state index contributed by atoms with van der Waals surface area (Å²) in [6.07, 6.45) is 3.44. The molecule has 276 valence electrons. The van der Waals surface area contributed by atoms with Crippen LogP contribution in [0.4, 0.5) is 0 Å². The maximum absolute atomic E-state index is 13.8. The lowest BCUT2D eigenvalue weighted by molar-refractivity contribution is -0.121. The Labute approximate surface area is 328 Å². The molecule has 0 fully saturated rings. The van der Waals surface area contributed by atoms with E-state index in [1.54, 1.807) is 78.9 Å². The average molecular weight is 767 g/mol. The van der Waals surface area contributed by atoms with Crippen LogP contribution < -0.4 is 16.6 Å². The molecule has 5 aromatic carbocycles. The number of aromatic amines is 1. The molecule has 0 saturated carbocycles. The van der Waals surface area contributed by atoms with Crippen LogP contribution in [0.25, 0.3) is 56.0 Å². The van der Waals surface area contributed by atoms with Crippen molar-refractivity contribution in [3.63, 3.8) is 0 Å². The van der Waals surface area contributed by atoms with Crippen molar-refractivity contribution in [2.24, 2.45) is 5.73 Å². The number of nitrogens with zero attached hydrogens (tertiary/aromatic N) is 3. The molecule has 0 unspecified atom stereocenters. The smallest absolute Gasteiger partial charge is 0.277 e. The number of para-hydroxylation sites is 3. The zero-order valence-corrected chi connectivity index (χ0v) is 30.8. The Morgan fingerprint density at radius 3 is 2.25 bits per heavy atom. The topological polar surface area (TPSA) is 170 Å². The largest absolute Gasteiger partial charge is 0.366 e. The van der Waals surface area contributed by atoms with Crippen LogP contribution in [0.15, 0.2) is 126 Å². The molecule has 0 spiro atoms. The fraction of sp³-hybridized carbons (Fsp3) is 0.0444. The highest BCUT2D eigenvalue weighted by atomic mass is 32.1. The summed E-state index contributed by atoms with van der Waals surface area (Å²) >= 11 is 1.47. The van der Waals surface area contributed by atoms with Crippen LogP contribution in [-0.2, 0) is 17.9 Å². The summed E-state index contributed by atoms with van der Waals surface area (Å²) in [5, 5.41) is 2.91. The van der Waals surface area contributed by atoms with Gasteiger partial charge in [0, 0.05) is 44.1 Å². The number of primary amides is 1. The molecule has 3 heterocycles. The van der Waals surface area contributed by atoms with E-state index in [1.807, 2.05) is 54.6 Å². The first kappa shape index (κ1) is 35.2. The van der Waals surface area contributed by atoms with Crippen LogP contribution in [0.2, 0.25) is 0 Å². The van der Waals surface area contributed by atoms with Crippen molar-refractivity contribution in [1.29, 1.82) is 0 Å². The summed E-state index contributed by atoms with van der Waals surface area (Å²) in [7, 11) is 0. The van der Waals surface area contributed by atoms with Crippen molar-refractivity contribution in [2.75, 3.05) is 0 Å². The quantitative estimate of drug-likeness (QED) is 0.142. The molecule has 0 saturated heterocycles. The zero-order valence-electron chi connectivity index (χ0n) is 30.0. The first-order valence-corrected chi connectivity index (χ1v) is 18.8. The van der Waals surface area contributed by atoms with E-state index in [0.717, 1.165) is 26.4 Å². The molecule has 12 heteroatoms. The van der Waals surface area contributed by atoms with E-state index in [1.165, 1.54) is 15.9 Å². The van der Waals surface area contributed by atoms with E-state index in [9.17, 15) is 24.0 Å². The summed E-state index contributed by atoms with van der Waals surface area (Å²) in [4.78, 5) is 79.4. The lowest BCUT2D eigenvalue weighted by atomic mass is 9.83. The SMILES string of the molecule is NC(=O)c1cccc2[nH]c(-c3ccc(CNC(=O)Cn4c(=O)c(/C=C/c5ccc(-c6ccc7c(c6)C(=O)c6ccccc6C7=O)s5)nc5ccccc54)cc3)nc12. The van der Waals surface area contributed by atoms with E-state index < -0.39 is 11.5 Å². The van der Waals surface area contributed by atoms with Gasteiger partial charge in [-0.3, -0.25) is 28.5 Å². The molecular formula is C45H30N6O5S. The van der Waals surface area contributed by atoms with Gasteiger partial charge in [0.1, 0.15) is 23.6 Å². The third kappa shape index (κ3) is 6.53. The molecule has 4 N–H and O–H groups in total. The minimum Gasteiger partial charge on any atom is -0.366 e. The van der Waals surface area contributed by atoms with E-state index in [2.05, 4.69) is 20.3 Å². The molecule has 57 heavy (non-hydrogen) atoms. The molecule has 0 aliphatic heterocycles. The van der Waals surface area contributed by atoms with Crippen LogP contribution in [-0.4, -0.2) is 42.9 Å². The van der Waals surface area contributed by atoms with Crippen LogP contribution in [0.5, 0.6) is 0 Å². The summed E-state index contributed by atoms with van der Waals surface area (Å²) in [6.45, 7) is 0.0213. The summed E-state index contributed by atoms with van der Waals surface area (Å²) in [6, 6.07) is 35.9. The first-order valence-electron chi connectivity index (χ1n) is 18.0. The van der Waals surface area contributed by atoms with Gasteiger partial charge < -0.3 is 16.0 Å². The van der Waals surface area contributed by atoms with Crippen LogP contribution >= 0.6 is 11.3 Å². The Bertz CT molecular complexity index is 3070. The molecule has 0 bridgehead atoms. The van der Waals surface area contributed by atoms with Crippen molar-refractivity contribution in [3.8, 4) is 21.8 Å². The summed E-state index contributed by atoms with van der Waals surface area (Å²) in [5.74, 6) is -0.658. The van der Waals surface area contributed by atoms with E-state index in [4.69, 9.17) is 5.73 Å². The van der Waals surface area contributed by atoms with Gasteiger partial charge in [0.05, 0.1) is 22.1 Å². The maximum atomic E-state index is 13.8. The van der Waals surface area contributed by atoms with E-state index >= 15 is 0 Å². The van der Waals surface area contributed by atoms with E-state index in [0.29, 0.717) is 55.7 Å². The van der Waals surface area contributed by atoms with Gasteiger partial charge in [0.15, 0.2) is 11.6 Å². The third-order valence-electron chi connectivity index (χ3n) is 9.92. The van der Waals surface area contributed by atoms with Crippen LogP contribution in [0.3, 0.4) is 0 Å². The molecular weight excluding hydrogens is 737 g/mol. The van der Waals surface area contributed by atoms with Crippen molar-refractivity contribution >= 4 is 68.9 Å². The van der Waals surface area contributed by atoms with Gasteiger partial charge in [-0.25, -0.2) is 9.97 Å². The molecule has 0 atom stereocenters. The Balaban J connectivity index is 0.904. The fourth-order valence-corrected chi connectivity index (χ4v) is 7.94. The number of amides is 2. The minimum atomic E-state index is -0.552. The average Bonchev–Trinajstić information content (AvgIpc) is 3.90. The molecule has 11 nitrogen and oxygen atoms in total. The highest BCUT2D eigenvalue weighted by Crippen LogP contribution is 2.34. The number of thiophene rings is 1. The number of aromatic nitrogens is 4.